The molecule has 3 rings (SSSR count). The minimum Gasteiger partial charge on any atom is -0.378 e. The van der Waals surface area contributed by atoms with Gasteiger partial charge in [-0.05, 0) is 25.1 Å². The molecule has 1 unspecified atom stereocenters. The second-order valence-corrected chi connectivity index (χ2v) is 5.05. The highest BCUT2D eigenvalue weighted by molar-refractivity contribution is 5.85. The van der Waals surface area contributed by atoms with Gasteiger partial charge >= 0.3 is 0 Å². The number of aromatic nitrogens is 2. The maximum Gasteiger partial charge on any atom is 0.245 e. The predicted octanol–water partition coefficient (Wildman–Crippen LogP) is 1.36. The number of ether oxygens (including phenoxy) is 1. The number of nitrogens with zero attached hydrogens (tertiary/aromatic N) is 2. The molecule has 21 heavy (non-hydrogen) atoms. The molecule has 1 aliphatic heterocycles. The second-order valence-electron chi connectivity index (χ2n) is 5.05. The number of carbonyl (C=O) groups is 1. The van der Waals surface area contributed by atoms with Crippen LogP contribution in [0.5, 0.6) is 0 Å². The first-order valence-corrected chi connectivity index (χ1v) is 6.92. The molecule has 1 fully saturated rings. The molecule has 1 aromatic carbocycles. The van der Waals surface area contributed by atoms with Gasteiger partial charge < -0.3 is 19.9 Å². The monoisotopic (exact) mass is 292 g/mol. The van der Waals surface area contributed by atoms with Gasteiger partial charge in [-0.1, -0.05) is 0 Å². The second kappa shape index (κ2) is 5.69. The van der Waals surface area contributed by atoms with Gasteiger partial charge in [-0.15, -0.1) is 0 Å². The van der Waals surface area contributed by atoms with E-state index in [1.165, 1.54) is 12.1 Å². The number of H-pyrrole nitrogens is 1. The van der Waals surface area contributed by atoms with Crippen molar-refractivity contribution in [1.82, 2.24) is 14.9 Å². The summed E-state index contributed by atoms with van der Waals surface area (Å²) in [5.74, 6) is 0.143. The number of hydrogen-bond acceptors (Lipinski definition) is 4. The van der Waals surface area contributed by atoms with E-state index in [-0.39, 0.29) is 11.7 Å². The van der Waals surface area contributed by atoms with Crippen molar-refractivity contribution in [3.63, 3.8) is 0 Å². The summed E-state index contributed by atoms with van der Waals surface area (Å²) in [7, 11) is 0. The van der Waals surface area contributed by atoms with Gasteiger partial charge in [-0.2, -0.15) is 0 Å². The number of imidazole rings is 1. The molecule has 1 atom stereocenters. The number of anilines is 1. The van der Waals surface area contributed by atoms with Crippen LogP contribution < -0.4 is 5.32 Å². The number of aromatic amines is 1. The Kier molecular flexibility index (Phi) is 3.74. The van der Waals surface area contributed by atoms with Crippen molar-refractivity contribution in [2.45, 2.75) is 13.0 Å². The average molecular weight is 292 g/mol. The van der Waals surface area contributed by atoms with E-state index in [1.54, 1.807) is 17.9 Å². The summed E-state index contributed by atoms with van der Waals surface area (Å²) >= 11 is 0. The van der Waals surface area contributed by atoms with Crippen LogP contribution in [0, 0.1) is 5.82 Å². The van der Waals surface area contributed by atoms with Gasteiger partial charge in [0.15, 0.2) is 0 Å². The largest absolute Gasteiger partial charge is 0.378 e. The van der Waals surface area contributed by atoms with Gasteiger partial charge in [-0.3, -0.25) is 4.79 Å². The van der Waals surface area contributed by atoms with Crippen molar-refractivity contribution in [2.24, 2.45) is 0 Å². The summed E-state index contributed by atoms with van der Waals surface area (Å²) in [5.41, 5.74) is 1.26. The number of amides is 1. The molecule has 2 aromatic rings. The highest BCUT2D eigenvalue weighted by Crippen LogP contribution is 2.16. The van der Waals surface area contributed by atoms with Crippen LogP contribution in [0.1, 0.15) is 6.92 Å². The van der Waals surface area contributed by atoms with Crippen molar-refractivity contribution in [3.05, 3.63) is 24.0 Å². The first kappa shape index (κ1) is 13.8. The van der Waals surface area contributed by atoms with Crippen molar-refractivity contribution in [1.29, 1.82) is 0 Å². The number of morpholine rings is 1. The molecule has 2 N–H and O–H groups in total. The molecule has 2 heterocycles. The summed E-state index contributed by atoms with van der Waals surface area (Å²) < 4.78 is 18.4. The van der Waals surface area contributed by atoms with E-state index in [9.17, 15) is 9.18 Å². The van der Waals surface area contributed by atoms with Crippen molar-refractivity contribution < 1.29 is 13.9 Å². The summed E-state index contributed by atoms with van der Waals surface area (Å²) in [6.07, 6.45) is 0. The normalized spacial score (nSPS) is 17.0. The lowest BCUT2D eigenvalue weighted by molar-refractivity contribution is -0.135. The highest BCUT2D eigenvalue weighted by atomic mass is 19.1. The Morgan fingerprint density at radius 1 is 1.48 bits per heavy atom. The number of rotatable bonds is 3. The maximum atomic E-state index is 13.1. The van der Waals surface area contributed by atoms with E-state index in [0.29, 0.717) is 43.3 Å². The Morgan fingerprint density at radius 3 is 3.00 bits per heavy atom. The van der Waals surface area contributed by atoms with Crippen LogP contribution >= 0.6 is 0 Å². The van der Waals surface area contributed by atoms with E-state index in [1.807, 2.05) is 0 Å². The van der Waals surface area contributed by atoms with Gasteiger partial charge in [-0.25, -0.2) is 9.37 Å². The molecule has 6 nitrogen and oxygen atoms in total. The Balaban J connectivity index is 1.70. The number of carbonyl (C=O) groups excluding carboxylic acids is 1. The fourth-order valence-electron chi connectivity index (χ4n) is 2.37. The zero-order chi connectivity index (χ0) is 14.8. The minimum atomic E-state index is -0.409. The van der Waals surface area contributed by atoms with Gasteiger partial charge in [0, 0.05) is 13.1 Å². The quantitative estimate of drug-likeness (QED) is 0.896. The molecular weight excluding hydrogens is 275 g/mol. The standard InChI is InChI=1S/C14H17FN4O2/c1-9(13(20)19-4-6-21-7-5-19)16-14-17-11-3-2-10(15)8-12(11)18-14/h2-3,8-9H,4-7H2,1H3,(H2,16,17,18). The molecule has 1 saturated heterocycles. The molecule has 7 heteroatoms. The topological polar surface area (TPSA) is 70.2 Å². The fraction of sp³-hybridized carbons (Fsp3) is 0.429. The first-order valence-electron chi connectivity index (χ1n) is 6.92. The van der Waals surface area contributed by atoms with Gasteiger partial charge in [0.2, 0.25) is 11.9 Å². The number of fused-ring (bicyclic) bond motifs is 1. The third kappa shape index (κ3) is 2.97. The van der Waals surface area contributed by atoms with Gasteiger partial charge in [0.1, 0.15) is 11.9 Å². The third-order valence-electron chi connectivity index (χ3n) is 3.49. The third-order valence-corrected chi connectivity index (χ3v) is 3.49. The van der Waals surface area contributed by atoms with E-state index in [0.717, 1.165) is 0 Å². The molecule has 112 valence electrons. The van der Waals surface area contributed by atoms with Gasteiger partial charge in [0.05, 0.1) is 24.2 Å². The first-order chi connectivity index (χ1) is 10.1. The summed E-state index contributed by atoms with van der Waals surface area (Å²) in [5, 5.41) is 3.03. The Hall–Kier alpha value is -2.15. The van der Waals surface area contributed by atoms with Gasteiger partial charge in [0.25, 0.3) is 0 Å². The molecule has 0 radical (unpaired) electrons. The molecule has 1 aliphatic rings. The van der Waals surface area contributed by atoms with Crippen LogP contribution in [0.15, 0.2) is 18.2 Å². The number of halogens is 1. The van der Waals surface area contributed by atoms with Crippen LogP contribution in [-0.2, 0) is 9.53 Å². The average Bonchev–Trinajstić information content (AvgIpc) is 2.88. The van der Waals surface area contributed by atoms with Crippen LogP contribution in [0.4, 0.5) is 10.3 Å². The molecular formula is C14H17FN4O2. The van der Waals surface area contributed by atoms with E-state index in [4.69, 9.17) is 4.74 Å². The predicted molar refractivity (Wildman–Crippen MR) is 76.5 cm³/mol. The van der Waals surface area contributed by atoms with E-state index >= 15 is 0 Å². The molecule has 1 aromatic heterocycles. The number of hydrogen-bond donors (Lipinski definition) is 2. The lowest BCUT2D eigenvalue weighted by Gasteiger charge is -2.29. The van der Waals surface area contributed by atoms with E-state index in [2.05, 4.69) is 15.3 Å². The zero-order valence-corrected chi connectivity index (χ0v) is 11.7. The Morgan fingerprint density at radius 2 is 2.24 bits per heavy atom. The Bertz CT molecular complexity index is 651. The summed E-state index contributed by atoms with van der Waals surface area (Å²) in [6, 6.07) is 3.92. The summed E-state index contributed by atoms with van der Waals surface area (Å²) in [4.78, 5) is 21.3. The number of nitrogens with one attached hydrogen (secondary N) is 2. The van der Waals surface area contributed by atoms with Crippen molar-refractivity contribution in [3.8, 4) is 0 Å². The SMILES string of the molecule is CC(Nc1nc2ccc(F)cc2[nH]1)C(=O)N1CCOCC1. The van der Waals surface area contributed by atoms with Crippen LogP contribution in [-0.4, -0.2) is 53.1 Å². The molecule has 1 amide bonds. The molecule has 0 aliphatic carbocycles. The highest BCUT2D eigenvalue weighted by Gasteiger charge is 2.22. The minimum absolute atomic E-state index is 0.00457. The molecule has 0 spiro atoms. The zero-order valence-electron chi connectivity index (χ0n) is 11.7. The number of benzene rings is 1. The lowest BCUT2D eigenvalue weighted by atomic mass is 10.2. The van der Waals surface area contributed by atoms with E-state index < -0.39 is 6.04 Å². The lowest BCUT2D eigenvalue weighted by Crippen LogP contribution is -2.47. The fourth-order valence-corrected chi connectivity index (χ4v) is 2.37. The summed E-state index contributed by atoms with van der Waals surface area (Å²) in [6.45, 7) is 4.14. The molecule has 0 saturated carbocycles. The van der Waals surface area contributed by atoms with Crippen LogP contribution in [0.2, 0.25) is 0 Å². The van der Waals surface area contributed by atoms with Crippen molar-refractivity contribution in [2.75, 3.05) is 31.6 Å². The molecule has 0 bridgehead atoms. The van der Waals surface area contributed by atoms with Crippen molar-refractivity contribution >= 4 is 22.9 Å². The van der Waals surface area contributed by atoms with Crippen LogP contribution in [0.25, 0.3) is 11.0 Å². The smallest absolute Gasteiger partial charge is 0.245 e. The Labute approximate surface area is 121 Å². The van der Waals surface area contributed by atoms with Crippen LogP contribution in [0.3, 0.4) is 0 Å². The maximum absolute atomic E-state index is 13.1.